The van der Waals surface area contributed by atoms with Crippen molar-refractivity contribution < 1.29 is 4.74 Å². The summed E-state index contributed by atoms with van der Waals surface area (Å²) in [6, 6.07) is 7.05. The summed E-state index contributed by atoms with van der Waals surface area (Å²) < 4.78 is 5.30. The molecule has 2 aromatic rings. The Morgan fingerprint density at radius 3 is 2.46 bits per heavy atom. The zero-order valence-electron chi connectivity index (χ0n) is 13.9. The summed E-state index contributed by atoms with van der Waals surface area (Å²) in [5.74, 6) is 0.563. The van der Waals surface area contributed by atoms with E-state index in [0.717, 1.165) is 45.1 Å². The molecule has 1 aromatic heterocycles. The van der Waals surface area contributed by atoms with Gasteiger partial charge in [0.15, 0.2) is 0 Å². The Bertz CT molecular complexity index is 683. The summed E-state index contributed by atoms with van der Waals surface area (Å²) >= 11 is 0. The van der Waals surface area contributed by atoms with Crippen LogP contribution in [0.3, 0.4) is 0 Å². The molecular weight excluding hydrogens is 304 g/mol. The standard InChI is InChI=1S/C17H22N6O/c1-13-8-14(21-17-19-11-18-12-20-17)2-3-16(13)23-6-4-22(5-7-23)15-9-24-10-15/h2-3,8,11-12,15H,4-7,9-10H2,1H3,(H,18,19,20,21). The molecule has 7 nitrogen and oxygen atoms in total. The fraction of sp³-hybridized carbons (Fsp3) is 0.471. The van der Waals surface area contributed by atoms with Crippen LogP contribution in [-0.2, 0) is 4.74 Å². The van der Waals surface area contributed by atoms with Crippen molar-refractivity contribution in [2.24, 2.45) is 0 Å². The van der Waals surface area contributed by atoms with E-state index in [4.69, 9.17) is 4.74 Å². The van der Waals surface area contributed by atoms with Crippen LogP contribution in [0.2, 0.25) is 0 Å². The van der Waals surface area contributed by atoms with E-state index in [0.29, 0.717) is 12.0 Å². The SMILES string of the molecule is Cc1cc(Nc2ncncn2)ccc1N1CCN(C2COC2)CC1. The van der Waals surface area contributed by atoms with Crippen molar-refractivity contribution in [3.05, 3.63) is 36.4 Å². The maximum absolute atomic E-state index is 5.30. The van der Waals surface area contributed by atoms with Gasteiger partial charge in [0.1, 0.15) is 12.7 Å². The second kappa shape index (κ2) is 6.70. The van der Waals surface area contributed by atoms with Crippen molar-refractivity contribution >= 4 is 17.3 Å². The molecule has 3 heterocycles. The molecule has 0 saturated carbocycles. The van der Waals surface area contributed by atoms with E-state index >= 15 is 0 Å². The van der Waals surface area contributed by atoms with Gasteiger partial charge in [-0.2, -0.15) is 0 Å². The van der Waals surface area contributed by atoms with Crippen LogP contribution < -0.4 is 10.2 Å². The van der Waals surface area contributed by atoms with E-state index in [-0.39, 0.29) is 0 Å². The number of aryl methyl sites for hydroxylation is 1. The molecule has 0 bridgehead atoms. The summed E-state index contributed by atoms with van der Waals surface area (Å²) in [7, 11) is 0. The molecule has 2 saturated heterocycles. The Labute approximate surface area is 141 Å². The van der Waals surface area contributed by atoms with E-state index in [1.807, 2.05) is 0 Å². The number of nitrogens with zero attached hydrogens (tertiary/aromatic N) is 5. The van der Waals surface area contributed by atoms with Gasteiger partial charge in [0.2, 0.25) is 5.95 Å². The lowest BCUT2D eigenvalue weighted by Crippen LogP contribution is -2.56. The van der Waals surface area contributed by atoms with Crippen LogP contribution >= 0.6 is 0 Å². The lowest BCUT2D eigenvalue weighted by molar-refractivity contribution is -0.0660. The van der Waals surface area contributed by atoms with Crippen LogP contribution in [0.1, 0.15) is 5.56 Å². The number of benzene rings is 1. The van der Waals surface area contributed by atoms with E-state index in [1.54, 1.807) is 0 Å². The molecule has 0 radical (unpaired) electrons. The van der Waals surface area contributed by atoms with Gasteiger partial charge in [-0.15, -0.1) is 0 Å². The largest absolute Gasteiger partial charge is 0.378 e. The molecule has 2 aliphatic rings. The van der Waals surface area contributed by atoms with E-state index in [9.17, 15) is 0 Å². The highest BCUT2D eigenvalue weighted by atomic mass is 16.5. The van der Waals surface area contributed by atoms with Crippen molar-refractivity contribution in [2.75, 3.05) is 49.6 Å². The smallest absolute Gasteiger partial charge is 0.230 e. The maximum Gasteiger partial charge on any atom is 0.230 e. The summed E-state index contributed by atoms with van der Waals surface area (Å²) in [5.41, 5.74) is 3.56. The van der Waals surface area contributed by atoms with Gasteiger partial charge in [-0.05, 0) is 30.7 Å². The number of hydrogen-bond donors (Lipinski definition) is 1. The molecule has 0 spiro atoms. The highest BCUT2D eigenvalue weighted by Crippen LogP contribution is 2.26. The number of anilines is 3. The molecule has 1 aromatic carbocycles. The quantitative estimate of drug-likeness (QED) is 0.912. The molecule has 2 fully saturated rings. The molecule has 1 N–H and O–H groups in total. The first-order valence-corrected chi connectivity index (χ1v) is 8.36. The van der Waals surface area contributed by atoms with Gasteiger partial charge in [-0.3, -0.25) is 4.90 Å². The Kier molecular flexibility index (Phi) is 4.27. The second-order valence-electron chi connectivity index (χ2n) is 6.30. The third kappa shape index (κ3) is 3.18. The molecule has 0 aliphatic carbocycles. The number of piperazine rings is 1. The maximum atomic E-state index is 5.30. The van der Waals surface area contributed by atoms with E-state index in [2.05, 4.69) is 55.2 Å². The minimum atomic E-state index is 0.563. The average molecular weight is 326 g/mol. The Balaban J connectivity index is 1.41. The minimum absolute atomic E-state index is 0.563. The molecule has 7 heteroatoms. The van der Waals surface area contributed by atoms with Gasteiger partial charge < -0.3 is 15.0 Å². The molecule has 0 amide bonds. The zero-order chi connectivity index (χ0) is 16.4. The highest BCUT2D eigenvalue weighted by molar-refractivity contribution is 5.63. The fourth-order valence-corrected chi connectivity index (χ4v) is 3.28. The van der Waals surface area contributed by atoms with Crippen LogP contribution in [0.5, 0.6) is 0 Å². The third-order valence-corrected chi connectivity index (χ3v) is 4.74. The van der Waals surface area contributed by atoms with E-state index < -0.39 is 0 Å². The van der Waals surface area contributed by atoms with Gasteiger partial charge >= 0.3 is 0 Å². The first kappa shape index (κ1) is 15.3. The minimum Gasteiger partial charge on any atom is -0.378 e. The van der Waals surface area contributed by atoms with Crippen molar-refractivity contribution in [2.45, 2.75) is 13.0 Å². The van der Waals surface area contributed by atoms with Crippen LogP contribution in [0.15, 0.2) is 30.9 Å². The molecular formula is C17H22N6O. The number of aromatic nitrogens is 3. The molecule has 0 atom stereocenters. The van der Waals surface area contributed by atoms with Crippen molar-refractivity contribution in [3.8, 4) is 0 Å². The first-order valence-electron chi connectivity index (χ1n) is 8.36. The monoisotopic (exact) mass is 326 g/mol. The number of rotatable bonds is 4. The molecule has 126 valence electrons. The first-order chi connectivity index (χ1) is 11.8. The molecule has 0 unspecified atom stereocenters. The van der Waals surface area contributed by atoms with Crippen LogP contribution in [0, 0.1) is 6.92 Å². The summed E-state index contributed by atoms with van der Waals surface area (Å²) in [4.78, 5) is 17.0. The van der Waals surface area contributed by atoms with Gasteiger partial charge in [-0.1, -0.05) is 0 Å². The third-order valence-electron chi connectivity index (χ3n) is 4.74. The Morgan fingerprint density at radius 2 is 1.83 bits per heavy atom. The lowest BCUT2D eigenvalue weighted by Gasteiger charge is -2.43. The topological polar surface area (TPSA) is 66.4 Å². The van der Waals surface area contributed by atoms with Crippen LogP contribution in [0.4, 0.5) is 17.3 Å². The van der Waals surface area contributed by atoms with Crippen molar-refractivity contribution in [1.29, 1.82) is 0 Å². The zero-order valence-corrected chi connectivity index (χ0v) is 13.9. The number of nitrogens with one attached hydrogen (secondary N) is 1. The normalized spacial score (nSPS) is 19.1. The predicted octanol–water partition coefficient (Wildman–Crippen LogP) is 1.44. The van der Waals surface area contributed by atoms with Crippen molar-refractivity contribution in [3.63, 3.8) is 0 Å². The van der Waals surface area contributed by atoms with Gasteiger partial charge in [-0.25, -0.2) is 15.0 Å². The van der Waals surface area contributed by atoms with Gasteiger partial charge in [0.25, 0.3) is 0 Å². The molecule has 2 aliphatic heterocycles. The van der Waals surface area contributed by atoms with Crippen LogP contribution in [-0.4, -0.2) is 65.3 Å². The van der Waals surface area contributed by atoms with Gasteiger partial charge in [0.05, 0.1) is 19.3 Å². The Hall–Kier alpha value is -2.25. The lowest BCUT2D eigenvalue weighted by atomic mass is 10.1. The number of hydrogen-bond acceptors (Lipinski definition) is 7. The van der Waals surface area contributed by atoms with E-state index in [1.165, 1.54) is 23.9 Å². The second-order valence-corrected chi connectivity index (χ2v) is 6.30. The number of ether oxygens (including phenoxy) is 1. The van der Waals surface area contributed by atoms with Crippen molar-refractivity contribution in [1.82, 2.24) is 19.9 Å². The predicted molar refractivity (Wildman–Crippen MR) is 92.7 cm³/mol. The molecule has 4 rings (SSSR count). The summed E-state index contributed by atoms with van der Waals surface area (Å²) in [6.45, 7) is 8.30. The van der Waals surface area contributed by atoms with Gasteiger partial charge in [0, 0.05) is 37.6 Å². The molecule has 24 heavy (non-hydrogen) atoms. The Morgan fingerprint density at radius 1 is 1.08 bits per heavy atom. The summed E-state index contributed by atoms with van der Waals surface area (Å²) in [5, 5.41) is 3.21. The fourth-order valence-electron chi connectivity index (χ4n) is 3.28. The van der Waals surface area contributed by atoms with Crippen LogP contribution in [0.25, 0.3) is 0 Å². The highest BCUT2D eigenvalue weighted by Gasteiger charge is 2.29. The average Bonchev–Trinajstić information content (AvgIpc) is 2.55. The summed E-state index contributed by atoms with van der Waals surface area (Å²) in [6.07, 6.45) is 2.98.